The van der Waals surface area contributed by atoms with Gasteiger partial charge in [0, 0.05) is 6.54 Å². The van der Waals surface area contributed by atoms with Gasteiger partial charge in [0.2, 0.25) is 5.91 Å². The lowest BCUT2D eigenvalue weighted by atomic mass is 10.2. The SMILES string of the molecule is CCNC(=O)C(C)Nc1cccc(F)c1N. The van der Waals surface area contributed by atoms with Crippen molar-refractivity contribution in [3.63, 3.8) is 0 Å². The number of anilines is 2. The Morgan fingerprint density at radius 2 is 2.25 bits per heavy atom. The largest absolute Gasteiger partial charge is 0.395 e. The van der Waals surface area contributed by atoms with E-state index in [4.69, 9.17) is 5.73 Å². The smallest absolute Gasteiger partial charge is 0.242 e. The van der Waals surface area contributed by atoms with Crippen LogP contribution in [0, 0.1) is 5.82 Å². The first kappa shape index (κ1) is 12.3. The second kappa shape index (κ2) is 5.34. The molecule has 0 fully saturated rings. The van der Waals surface area contributed by atoms with E-state index in [0.717, 1.165) is 0 Å². The highest BCUT2D eigenvalue weighted by atomic mass is 19.1. The Labute approximate surface area is 94.0 Å². The summed E-state index contributed by atoms with van der Waals surface area (Å²) in [5, 5.41) is 5.52. The number of hydrogen-bond acceptors (Lipinski definition) is 3. The summed E-state index contributed by atoms with van der Waals surface area (Å²) in [5.41, 5.74) is 5.99. The number of hydrogen-bond donors (Lipinski definition) is 3. The fourth-order valence-corrected chi connectivity index (χ4v) is 1.29. The molecule has 1 rings (SSSR count). The van der Waals surface area contributed by atoms with Gasteiger partial charge in [-0.05, 0) is 26.0 Å². The number of nitrogens with one attached hydrogen (secondary N) is 2. The predicted molar refractivity (Wildman–Crippen MR) is 62.6 cm³/mol. The van der Waals surface area contributed by atoms with Gasteiger partial charge < -0.3 is 16.4 Å². The van der Waals surface area contributed by atoms with Crippen LogP contribution in [0.4, 0.5) is 15.8 Å². The van der Waals surface area contributed by atoms with Crippen LogP contribution in [0.25, 0.3) is 0 Å². The Hall–Kier alpha value is -1.78. The summed E-state index contributed by atoms with van der Waals surface area (Å²) < 4.78 is 13.1. The van der Waals surface area contributed by atoms with Crippen LogP contribution >= 0.6 is 0 Å². The van der Waals surface area contributed by atoms with E-state index >= 15 is 0 Å². The van der Waals surface area contributed by atoms with Gasteiger partial charge in [-0.2, -0.15) is 0 Å². The lowest BCUT2D eigenvalue weighted by molar-refractivity contribution is -0.121. The fraction of sp³-hybridized carbons (Fsp3) is 0.364. The first-order chi connectivity index (χ1) is 7.56. The first-order valence-corrected chi connectivity index (χ1v) is 5.14. The van der Waals surface area contributed by atoms with Crippen molar-refractivity contribution >= 4 is 17.3 Å². The molecular weight excluding hydrogens is 209 g/mol. The molecule has 4 N–H and O–H groups in total. The van der Waals surface area contributed by atoms with Crippen LogP contribution in [-0.2, 0) is 4.79 Å². The monoisotopic (exact) mass is 225 g/mol. The number of halogens is 1. The van der Waals surface area contributed by atoms with E-state index in [1.807, 2.05) is 6.92 Å². The molecule has 5 heteroatoms. The maximum absolute atomic E-state index is 13.1. The quantitative estimate of drug-likeness (QED) is 0.677. The highest BCUT2D eigenvalue weighted by molar-refractivity contribution is 5.85. The number of rotatable bonds is 4. The van der Waals surface area contributed by atoms with Gasteiger partial charge >= 0.3 is 0 Å². The summed E-state index contributed by atoms with van der Waals surface area (Å²) >= 11 is 0. The lowest BCUT2D eigenvalue weighted by Crippen LogP contribution is -2.37. The zero-order valence-electron chi connectivity index (χ0n) is 9.38. The molecular formula is C11H16FN3O. The van der Waals surface area contributed by atoms with Crippen molar-refractivity contribution < 1.29 is 9.18 Å². The van der Waals surface area contributed by atoms with Crippen molar-refractivity contribution in [2.75, 3.05) is 17.6 Å². The van der Waals surface area contributed by atoms with Crippen LogP contribution in [0.2, 0.25) is 0 Å². The number of nitrogen functional groups attached to an aromatic ring is 1. The van der Waals surface area contributed by atoms with Crippen molar-refractivity contribution in [2.45, 2.75) is 19.9 Å². The molecule has 0 heterocycles. The van der Waals surface area contributed by atoms with E-state index in [1.54, 1.807) is 19.1 Å². The second-order valence-electron chi connectivity index (χ2n) is 3.46. The molecule has 1 aromatic rings. The predicted octanol–water partition coefficient (Wildman–Crippen LogP) is 1.34. The third kappa shape index (κ3) is 2.85. The molecule has 0 aromatic heterocycles. The third-order valence-corrected chi connectivity index (χ3v) is 2.17. The molecule has 0 saturated heterocycles. The molecule has 4 nitrogen and oxygen atoms in total. The van der Waals surface area contributed by atoms with Gasteiger partial charge in [0.05, 0.1) is 11.4 Å². The van der Waals surface area contributed by atoms with E-state index in [1.165, 1.54) is 6.07 Å². The van der Waals surface area contributed by atoms with Crippen LogP contribution in [0.5, 0.6) is 0 Å². The van der Waals surface area contributed by atoms with Crippen LogP contribution < -0.4 is 16.4 Å². The molecule has 1 amide bonds. The van der Waals surface area contributed by atoms with Gasteiger partial charge in [-0.15, -0.1) is 0 Å². The van der Waals surface area contributed by atoms with Gasteiger partial charge in [-0.1, -0.05) is 6.07 Å². The van der Waals surface area contributed by atoms with E-state index in [0.29, 0.717) is 12.2 Å². The zero-order chi connectivity index (χ0) is 12.1. The van der Waals surface area contributed by atoms with Crippen molar-refractivity contribution in [1.82, 2.24) is 5.32 Å². The van der Waals surface area contributed by atoms with Crippen LogP contribution in [0.1, 0.15) is 13.8 Å². The molecule has 0 spiro atoms. The molecule has 1 aromatic carbocycles. The highest BCUT2D eigenvalue weighted by Crippen LogP contribution is 2.21. The number of amides is 1. The Morgan fingerprint density at radius 1 is 1.56 bits per heavy atom. The van der Waals surface area contributed by atoms with Gasteiger partial charge in [-0.25, -0.2) is 4.39 Å². The molecule has 0 saturated carbocycles. The number of carbonyl (C=O) groups excluding carboxylic acids is 1. The molecule has 16 heavy (non-hydrogen) atoms. The van der Waals surface area contributed by atoms with E-state index in [2.05, 4.69) is 10.6 Å². The molecule has 88 valence electrons. The number of carbonyl (C=O) groups is 1. The Bertz CT molecular complexity index is 381. The molecule has 0 radical (unpaired) electrons. The Balaban J connectivity index is 2.73. The minimum absolute atomic E-state index is 0.0265. The lowest BCUT2D eigenvalue weighted by Gasteiger charge is -2.16. The van der Waals surface area contributed by atoms with Gasteiger partial charge in [0.1, 0.15) is 11.9 Å². The standard InChI is InChI=1S/C11H16FN3O/c1-3-14-11(16)7(2)15-9-6-4-5-8(12)10(9)13/h4-7,15H,3,13H2,1-2H3,(H,14,16). The molecule has 1 unspecified atom stereocenters. The van der Waals surface area contributed by atoms with Crippen molar-refractivity contribution in [1.29, 1.82) is 0 Å². The minimum Gasteiger partial charge on any atom is -0.395 e. The molecule has 0 bridgehead atoms. The van der Waals surface area contributed by atoms with Crippen molar-refractivity contribution in [3.05, 3.63) is 24.0 Å². The summed E-state index contributed by atoms with van der Waals surface area (Å²) in [6, 6.07) is 3.99. The number of benzene rings is 1. The summed E-state index contributed by atoms with van der Waals surface area (Å²) in [7, 11) is 0. The fourth-order valence-electron chi connectivity index (χ4n) is 1.29. The summed E-state index contributed by atoms with van der Waals surface area (Å²) in [6.07, 6.45) is 0. The average Bonchev–Trinajstić information content (AvgIpc) is 2.25. The summed E-state index contributed by atoms with van der Waals surface area (Å²) in [5.74, 6) is -0.640. The molecule has 1 atom stereocenters. The van der Waals surface area contributed by atoms with E-state index in [9.17, 15) is 9.18 Å². The van der Waals surface area contributed by atoms with Crippen LogP contribution in [-0.4, -0.2) is 18.5 Å². The van der Waals surface area contributed by atoms with Crippen LogP contribution in [0.3, 0.4) is 0 Å². The normalized spacial score (nSPS) is 11.9. The Morgan fingerprint density at radius 3 is 2.88 bits per heavy atom. The van der Waals surface area contributed by atoms with Crippen LogP contribution in [0.15, 0.2) is 18.2 Å². The average molecular weight is 225 g/mol. The highest BCUT2D eigenvalue weighted by Gasteiger charge is 2.13. The number of para-hydroxylation sites is 1. The van der Waals surface area contributed by atoms with Crippen molar-refractivity contribution in [2.24, 2.45) is 0 Å². The summed E-state index contributed by atoms with van der Waals surface area (Å²) in [6.45, 7) is 4.08. The molecule has 0 aliphatic rings. The maximum atomic E-state index is 13.1. The first-order valence-electron chi connectivity index (χ1n) is 5.14. The van der Waals surface area contributed by atoms with Gasteiger partial charge in [0.15, 0.2) is 0 Å². The zero-order valence-corrected chi connectivity index (χ0v) is 9.38. The van der Waals surface area contributed by atoms with E-state index in [-0.39, 0.29) is 11.6 Å². The molecule has 0 aliphatic carbocycles. The van der Waals surface area contributed by atoms with Crippen molar-refractivity contribution in [3.8, 4) is 0 Å². The minimum atomic E-state index is -0.493. The van der Waals surface area contributed by atoms with Gasteiger partial charge in [0.25, 0.3) is 0 Å². The maximum Gasteiger partial charge on any atom is 0.242 e. The van der Waals surface area contributed by atoms with Gasteiger partial charge in [-0.3, -0.25) is 4.79 Å². The Kier molecular flexibility index (Phi) is 4.10. The second-order valence-corrected chi connectivity index (χ2v) is 3.46. The number of likely N-dealkylation sites (N-methyl/N-ethyl adjacent to an activating group) is 1. The topological polar surface area (TPSA) is 67.2 Å². The summed E-state index contributed by atoms with van der Waals surface area (Å²) in [4.78, 5) is 11.4. The van der Waals surface area contributed by atoms with E-state index < -0.39 is 11.9 Å². The number of nitrogens with two attached hydrogens (primary N) is 1. The third-order valence-electron chi connectivity index (χ3n) is 2.17. The molecule has 0 aliphatic heterocycles.